The Labute approximate surface area is 150 Å². The molecule has 1 aliphatic heterocycles. The van der Waals surface area contributed by atoms with Crippen LogP contribution in [0.25, 0.3) is 0 Å². The summed E-state index contributed by atoms with van der Waals surface area (Å²) >= 11 is 1.61. The second-order valence-corrected chi connectivity index (χ2v) is 6.73. The quantitative estimate of drug-likeness (QED) is 0.777. The van der Waals surface area contributed by atoms with Gasteiger partial charge in [-0.2, -0.15) is 0 Å². The van der Waals surface area contributed by atoms with Gasteiger partial charge in [0.1, 0.15) is 5.75 Å². The van der Waals surface area contributed by atoms with Crippen LogP contribution in [0.15, 0.2) is 53.4 Å². The van der Waals surface area contributed by atoms with Crippen LogP contribution in [0.3, 0.4) is 0 Å². The van der Waals surface area contributed by atoms with E-state index < -0.39 is 18.1 Å². The number of aliphatic carboxylic acids is 1. The Bertz CT molecular complexity index is 750. The summed E-state index contributed by atoms with van der Waals surface area (Å²) in [6, 6.07) is 14.5. The lowest BCUT2D eigenvalue weighted by molar-refractivity contribution is -0.138. The van der Waals surface area contributed by atoms with Crippen molar-refractivity contribution in [2.75, 3.05) is 6.26 Å². The molecule has 0 spiro atoms. The second kappa shape index (κ2) is 7.61. The maximum Gasteiger partial charge on any atom is 0.305 e. The van der Waals surface area contributed by atoms with Gasteiger partial charge in [-0.15, -0.1) is 11.8 Å². The first-order valence-electron chi connectivity index (χ1n) is 7.97. The maximum atomic E-state index is 12.6. The first-order chi connectivity index (χ1) is 12.1. The number of carbonyl (C=O) groups is 2. The summed E-state index contributed by atoms with van der Waals surface area (Å²) < 4.78 is 5.68. The summed E-state index contributed by atoms with van der Waals surface area (Å²) in [7, 11) is 0. The molecule has 3 rings (SSSR count). The summed E-state index contributed by atoms with van der Waals surface area (Å²) in [6.07, 6.45) is 1.66. The van der Waals surface area contributed by atoms with E-state index in [2.05, 4.69) is 5.32 Å². The lowest BCUT2D eigenvalue weighted by atomic mass is 10.0. The predicted octanol–water partition coefficient (Wildman–Crippen LogP) is 3.04. The third-order valence-corrected chi connectivity index (χ3v) is 4.90. The number of thioether (sulfide) groups is 1. The summed E-state index contributed by atoms with van der Waals surface area (Å²) in [5.74, 6) is -0.548. The number of hydrogen-bond donors (Lipinski definition) is 2. The minimum atomic E-state index is -0.963. The van der Waals surface area contributed by atoms with Crippen molar-refractivity contribution in [1.82, 2.24) is 5.32 Å². The molecule has 0 saturated heterocycles. The van der Waals surface area contributed by atoms with Gasteiger partial charge >= 0.3 is 5.97 Å². The van der Waals surface area contributed by atoms with E-state index in [0.717, 1.165) is 16.0 Å². The summed E-state index contributed by atoms with van der Waals surface area (Å²) in [5.41, 5.74) is 1.76. The zero-order chi connectivity index (χ0) is 17.8. The predicted molar refractivity (Wildman–Crippen MR) is 95.9 cm³/mol. The SMILES string of the molecule is CSc1ccc(C(CC(=O)O)NC(=O)C2Cc3ccccc3O2)cc1. The number of carboxylic acid groups (broad SMARTS) is 1. The molecule has 25 heavy (non-hydrogen) atoms. The van der Waals surface area contributed by atoms with E-state index in [-0.39, 0.29) is 12.3 Å². The maximum absolute atomic E-state index is 12.6. The van der Waals surface area contributed by atoms with Crippen LogP contribution in [0, 0.1) is 0 Å². The molecule has 2 atom stereocenters. The van der Waals surface area contributed by atoms with E-state index in [1.807, 2.05) is 54.8 Å². The number of nitrogens with one attached hydrogen (secondary N) is 1. The van der Waals surface area contributed by atoms with Crippen molar-refractivity contribution in [3.05, 3.63) is 59.7 Å². The largest absolute Gasteiger partial charge is 0.481 e. The van der Waals surface area contributed by atoms with E-state index >= 15 is 0 Å². The Morgan fingerprint density at radius 3 is 2.60 bits per heavy atom. The number of carboxylic acids is 1. The molecule has 2 aromatic carbocycles. The van der Waals surface area contributed by atoms with Crippen LogP contribution in [0.1, 0.15) is 23.6 Å². The highest BCUT2D eigenvalue weighted by molar-refractivity contribution is 7.98. The van der Waals surface area contributed by atoms with Crippen molar-refractivity contribution < 1.29 is 19.4 Å². The Hall–Kier alpha value is -2.47. The van der Waals surface area contributed by atoms with Gasteiger partial charge in [-0.1, -0.05) is 30.3 Å². The average molecular weight is 357 g/mol. The topological polar surface area (TPSA) is 75.6 Å². The van der Waals surface area contributed by atoms with Crippen molar-refractivity contribution in [2.45, 2.75) is 29.9 Å². The molecule has 0 radical (unpaired) electrons. The van der Waals surface area contributed by atoms with Crippen molar-refractivity contribution in [3.8, 4) is 5.75 Å². The zero-order valence-corrected chi connectivity index (χ0v) is 14.6. The molecule has 0 aromatic heterocycles. The lowest BCUT2D eigenvalue weighted by Gasteiger charge is -2.20. The van der Waals surface area contributed by atoms with E-state index in [1.165, 1.54) is 0 Å². The number of ether oxygens (including phenoxy) is 1. The van der Waals surface area contributed by atoms with Gasteiger partial charge in [0.05, 0.1) is 12.5 Å². The Balaban J connectivity index is 1.72. The molecule has 0 saturated carbocycles. The summed E-state index contributed by atoms with van der Waals surface area (Å²) in [4.78, 5) is 24.9. The van der Waals surface area contributed by atoms with Gasteiger partial charge in [-0.25, -0.2) is 0 Å². The minimum Gasteiger partial charge on any atom is -0.481 e. The first kappa shape index (κ1) is 17.4. The molecule has 0 fully saturated rings. The smallest absolute Gasteiger partial charge is 0.305 e. The number of carbonyl (C=O) groups excluding carboxylic acids is 1. The van der Waals surface area contributed by atoms with Crippen LogP contribution in [-0.2, 0) is 16.0 Å². The minimum absolute atomic E-state index is 0.177. The molecule has 1 amide bonds. The Kier molecular flexibility index (Phi) is 5.28. The number of benzene rings is 2. The normalized spacial score (nSPS) is 16.6. The molecule has 0 bridgehead atoms. The van der Waals surface area contributed by atoms with Gasteiger partial charge in [-0.3, -0.25) is 9.59 Å². The molecule has 5 nitrogen and oxygen atoms in total. The van der Waals surface area contributed by atoms with Gasteiger partial charge in [0.25, 0.3) is 5.91 Å². The third kappa shape index (κ3) is 4.14. The average Bonchev–Trinajstić information content (AvgIpc) is 3.05. The van der Waals surface area contributed by atoms with Crippen LogP contribution in [0.5, 0.6) is 5.75 Å². The Morgan fingerprint density at radius 1 is 1.24 bits per heavy atom. The van der Waals surface area contributed by atoms with Gasteiger partial charge in [0.15, 0.2) is 6.10 Å². The number of hydrogen-bond acceptors (Lipinski definition) is 4. The molecule has 2 N–H and O–H groups in total. The molecule has 1 heterocycles. The monoisotopic (exact) mass is 357 g/mol. The van der Waals surface area contributed by atoms with E-state index in [1.54, 1.807) is 11.8 Å². The van der Waals surface area contributed by atoms with Crippen molar-refractivity contribution >= 4 is 23.6 Å². The molecule has 0 aliphatic carbocycles. The van der Waals surface area contributed by atoms with Crippen LogP contribution < -0.4 is 10.1 Å². The number of rotatable bonds is 6. The molecule has 130 valence electrons. The fourth-order valence-electron chi connectivity index (χ4n) is 2.86. The highest BCUT2D eigenvalue weighted by Gasteiger charge is 2.30. The van der Waals surface area contributed by atoms with Gasteiger partial charge in [0, 0.05) is 11.3 Å². The molecule has 6 heteroatoms. The number of fused-ring (bicyclic) bond motifs is 1. The van der Waals surface area contributed by atoms with Crippen LogP contribution in [0.2, 0.25) is 0 Å². The van der Waals surface area contributed by atoms with E-state index in [9.17, 15) is 14.7 Å². The highest BCUT2D eigenvalue weighted by Crippen LogP contribution is 2.29. The summed E-state index contributed by atoms with van der Waals surface area (Å²) in [6.45, 7) is 0. The van der Waals surface area contributed by atoms with Gasteiger partial charge < -0.3 is 15.2 Å². The van der Waals surface area contributed by atoms with Gasteiger partial charge in [-0.05, 0) is 35.6 Å². The van der Waals surface area contributed by atoms with Crippen molar-refractivity contribution in [3.63, 3.8) is 0 Å². The lowest BCUT2D eigenvalue weighted by Crippen LogP contribution is -2.40. The second-order valence-electron chi connectivity index (χ2n) is 5.85. The molecule has 2 aromatic rings. The van der Waals surface area contributed by atoms with Crippen LogP contribution >= 0.6 is 11.8 Å². The summed E-state index contributed by atoms with van der Waals surface area (Å²) in [5, 5.41) is 12.0. The van der Waals surface area contributed by atoms with Crippen molar-refractivity contribution in [2.24, 2.45) is 0 Å². The third-order valence-electron chi connectivity index (χ3n) is 4.15. The van der Waals surface area contributed by atoms with E-state index in [0.29, 0.717) is 12.2 Å². The molecular formula is C19H19NO4S. The zero-order valence-electron chi connectivity index (χ0n) is 13.8. The Morgan fingerprint density at radius 2 is 1.96 bits per heavy atom. The number of amides is 1. The standard InChI is InChI=1S/C19H19NO4S/c1-25-14-8-6-12(7-9-14)15(11-18(21)22)20-19(23)17-10-13-4-2-3-5-16(13)24-17/h2-9,15,17H,10-11H2,1H3,(H,20,23)(H,21,22). The molecular weight excluding hydrogens is 338 g/mol. The number of para-hydroxylation sites is 1. The van der Waals surface area contributed by atoms with Crippen LogP contribution in [0.4, 0.5) is 0 Å². The van der Waals surface area contributed by atoms with Gasteiger partial charge in [0.2, 0.25) is 0 Å². The fraction of sp³-hybridized carbons (Fsp3) is 0.263. The molecule has 2 unspecified atom stereocenters. The fourth-order valence-corrected chi connectivity index (χ4v) is 3.26. The first-order valence-corrected chi connectivity index (χ1v) is 9.20. The molecule has 1 aliphatic rings. The van der Waals surface area contributed by atoms with E-state index in [4.69, 9.17) is 4.74 Å². The van der Waals surface area contributed by atoms with Crippen LogP contribution in [-0.4, -0.2) is 29.3 Å². The van der Waals surface area contributed by atoms with Crippen molar-refractivity contribution in [1.29, 1.82) is 0 Å². The highest BCUT2D eigenvalue weighted by atomic mass is 32.2.